The molecule has 0 aliphatic carbocycles. The zero-order chi connectivity index (χ0) is 26.4. The van der Waals surface area contributed by atoms with Gasteiger partial charge in [-0.3, -0.25) is 4.90 Å². The lowest BCUT2D eigenvalue weighted by molar-refractivity contribution is -0.199. The van der Waals surface area contributed by atoms with Gasteiger partial charge in [0.2, 0.25) is 0 Å². The quantitative estimate of drug-likeness (QED) is 0.556. The van der Waals surface area contributed by atoms with Crippen LogP contribution in [0.4, 0.5) is 4.79 Å². The Hall–Kier alpha value is -2.02. The normalized spacial score (nSPS) is 29.9. The van der Waals surface area contributed by atoms with Crippen LogP contribution >= 0.6 is 11.6 Å². The predicted molar refractivity (Wildman–Crippen MR) is 135 cm³/mol. The summed E-state index contributed by atoms with van der Waals surface area (Å²) in [5.41, 5.74) is 0.174. The molecule has 3 aliphatic heterocycles. The minimum Gasteiger partial charge on any atom is -0.444 e. The van der Waals surface area contributed by atoms with E-state index in [1.165, 1.54) is 6.33 Å². The summed E-state index contributed by atoms with van der Waals surface area (Å²) in [4.78, 5) is 22.8. The molecule has 1 unspecified atom stereocenters. The molecule has 0 spiro atoms. The van der Waals surface area contributed by atoms with Gasteiger partial charge >= 0.3 is 6.09 Å². The lowest BCUT2D eigenvalue weighted by Gasteiger charge is -2.35. The van der Waals surface area contributed by atoms with E-state index >= 15 is 0 Å². The highest BCUT2D eigenvalue weighted by Gasteiger charge is 2.56. The molecule has 3 aliphatic rings. The zero-order valence-electron chi connectivity index (χ0n) is 22.0. The molecule has 0 radical (unpaired) electrons. The third kappa shape index (κ3) is 6.02. The molecule has 1 N–H and O–H groups in total. The first kappa shape index (κ1) is 26.6. The first-order valence-corrected chi connectivity index (χ1v) is 13.2. The van der Waals surface area contributed by atoms with Crippen molar-refractivity contribution >= 4 is 28.7 Å². The molecule has 5 atom stereocenters. The minimum absolute atomic E-state index is 0.00102. The molecule has 0 saturated carbocycles. The fourth-order valence-electron chi connectivity index (χ4n) is 5.20. The van der Waals surface area contributed by atoms with Crippen molar-refractivity contribution in [2.24, 2.45) is 0 Å². The van der Waals surface area contributed by atoms with Gasteiger partial charge in [-0.2, -0.15) is 0 Å². The molecule has 12 heteroatoms. The van der Waals surface area contributed by atoms with Crippen LogP contribution in [0.15, 0.2) is 18.6 Å². The number of nitrogens with one attached hydrogen (secondary N) is 1. The molecular formula is C25H36ClN5O6. The van der Waals surface area contributed by atoms with Crippen LogP contribution in [0.3, 0.4) is 0 Å². The van der Waals surface area contributed by atoms with Crippen molar-refractivity contribution in [3.63, 3.8) is 0 Å². The summed E-state index contributed by atoms with van der Waals surface area (Å²) in [7, 11) is 0. The maximum Gasteiger partial charge on any atom is 0.407 e. The summed E-state index contributed by atoms with van der Waals surface area (Å²) in [5.74, 6) is -0.716. The second-order valence-corrected chi connectivity index (χ2v) is 11.6. The third-order valence-electron chi connectivity index (χ3n) is 6.66. The van der Waals surface area contributed by atoms with E-state index in [-0.39, 0.29) is 24.4 Å². The van der Waals surface area contributed by atoms with Crippen molar-refractivity contribution in [1.82, 2.24) is 24.8 Å². The van der Waals surface area contributed by atoms with Crippen LogP contribution in [-0.4, -0.2) is 94.1 Å². The van der Waals surface area contributed by atoms with Crippen LogP contribution in [0, 0.1) is 0 Å². The maximum atomic E-state index is 11.9. The second-order valence-electron chi connectivity index (χ2n) is 11.2. The average molecular weight is 538 g/mol. The molecule has 11 nitrogen and oxygen atoms in total. The molecule has 37 heavy (non-hydrogen) atoms. The number of fused-ring (bicyclic) bond motifs is 2. The Balaban J connectivity index is 1.22. The molecule has 0 bridgehead atoms. The number of aromatic nitrogens is 3. The molecule has 3 fully saturated rings. The fraction of sp³-hybridized carbons (Fsp3) is 0.720. The number of carbonyl (C=O) groups excluding carboxylic acids is 1. The summed E-state index contributed by atoms with van der Waals surface area (Å²) in [5, 5.41) is 3.98. The summed E-state index contributed by atoms with van der Waals surface area (Å²) < 4.78 is 32.4. The molecule has 3 saturated heterocycles. The Morgan fingerprint density at radius 2 is 2.05 bits per heavy atom. The molecule has 204 valence electrons. The Bertz CT molecular complexity index is 1120. The third-order valence-corrected chi connectivity index (χ3v) is 6.96. The van der Waals surface area contributed by atoms with Crippen molar-refractivity contribution in [2.75, 3.05) is 32.8 Å². The number of amides is 1. The highest BCUT2D eigenvalue weighted by molar-refractivity contribution is 6.33. The zero-order valence-corrected chi connectivity index (χ0v) is 22.7. The van der Waals surface area contributed by atoms with Crippen LogP contribution in [-0.2, 0) is 23.7 Å². The van der Waals surface area contributed by atoms with Gasteiger partial charge in [0.15, 0.2) is 12.0 Å². The Morgan fingerprint density at radius 1 is 1.27 bits per heavy atom. The fourth-order valence-corrected chi connectivity index (χ4v) is 5.39. The standard InChI is InChI=1S/C25H36ClN5O6/c1-24(2,3)37-23(32)27-8-6-15-12-30(10-11-33-15)13-17-18-19(36-25(4,5)35-18)22(34-17)31-9-7-16-20(26)28-14-29-21(16)31/h7,9,14-15,17-19,22H,6,8,10-13H2,1-5H3,(H,27,32)/t15?,17-,18-,19-,22-/m1/s1. The summed E-state index contributed by atoms with van der Waals surface area (Å²) in [6.07, 6.45) is 2.50. The van der Waals surface area contributed by atoms with Gasteiger partial charge in [0.05, 0.1) is 18.1 Å². The number of hydrogen-bond acceptors (Lipinski definition) is 9. The highest BCUT2D eigenvalue weighted by atomic mass is 35.5. The van der Waals surface area contributed by atoms with Crippen LogP contribution in [0.25, 0.3) is 11.0 Å². The van der Waals surface area contributed by atoms with E-state index in [9.17, 15) is 4.79 Å². The predicted octanol–water partition coefficient (Wildman–Crippen LogP) is 3.12. The van der Waals surface area contributed by atoms with E-state index in [2.05, 4.69) is 20.2 Å². The molecule has 1 amide bonds. The van der Waals surface area contributed by atoms with Gasteiger partial charge in [-0.1, -0.05) is 11.6 Å². The van der Waals surface area contributed by atoms with Crippen LogP contribution in [0.1, 0.15) is 47.3 Å². The van der Waals surface area contributed by atoms with Gasteiger partial charge < -0.3 is 33.6 Å². The van der Waals surface area contributed by atoms with Gasteiger partial charge in [-0.05, 0) is 47.1 Å². The van der Waals surface area contributed by atoms with E-state index in [1.54, 1.807) is 0 Å². The summed E-state index contributed by atoms with van der Waals surface area (Å²) in [6, 6.07) is 1.89. The number of rotatable bonds is 6. The summed E-state index contributed by atoms with van der Waals surface area (Å²) in [6.45, 7) is 12.7. The Morgan fingerprint density at radius 3 is 2.84 bits per heavy atom. The number of hydrogen-bond donors (Lipinski definition) is 1. The molecule has 5 rings (SSSR count). The SMILES string of the molecule is CC(C)(C)OC(=O)NCCC1CN(C[C@H]2O[C@@H](n3ccc4c(Cl)ncnc43)[C@@H]3OC(C)(C)O[C@@H]32)CCO1. The largest absolute Gasteiger partial charge is 0.444 e. The minimum atomic E-state index is -0.716. The maximum absolute atomic E-state index is 11.9. The van der Waals surface area contributed by atoms with Crippen molar-refractivity contribution in [2.45, 2.75) is 83.1 Å². The molecule has 2 aromatic rings. The molecule has 5 heterocycles. The van der Waals surface area contributed by atoms with Crippen molar-refractivity contribution in [3.05, 3.63) is 23.7 Å². The van der Waals surface area contributed by atoms with Crippen molar-refractivity contribution in [1.29, 1.82) is 0 Å². The Kier molecular flexibility index (Phi) is 7.38. The van der Waals surface area contributed by atoms with Gasteiger partial charge in [-0.25, -0.2) is 14.8 Å². The highest BCUT2D eigenvalue weighted by Crippen LogP contribution is 2.44. The molecule has 2 aromatic heterocycles. The van der Waals surface area contributed by atoms with Gasteiger partial charge in [0.1, 0.15) is 41.0 Å². The van der Waals surface area contributed by atoms with E-state index in [4.69, 9.17) is 35.3 Å². The number of morpholine rings is 1. The number of ether oxygens (including phenoxy) is 5. The second kappa shape index (κ2) is 10.3. The topological polar surface area (TPSA) is 109 Å². The summed E-state index contributed by atoms with van der Waals surface area (Å²) >= 11 is 6.28. The number of halogens is 1. The lowest BCUT2D eigenvalue weighted by atomic mass is 10.1. The van der Waals surface area contributed by atoms with E-state index in [1.807, 2.05) is 51.4 Å². The lowest BCUT2D eigenvalue weighted by Crippen LogP contribution is -2.48. The smallest absolute Gasteiger partial charge is 0.407 e. The Labute approximate surface area is 221 Å². The number of nitrogens with zero attached hydrogens (tertiary/aromatic N) is 4. The molecule has 0 aromatic carbocycles. The average Bonchev–Trinajstić information content (AvgIpc) is 3.45. The van der Waals surface area contributed by atoms with Gasteiger partial charge in [0.25, 0.3) is 0 Å². The molecular weight excluding hydrogens is 502 g/mol. The van der Waals surface area contributed by atoms with Crippen LogP contribution in [0.2, 0.25) is 5.15 Å². The van der Waals surface area contributed by atoms with E-state index in [0.717, 1.165) is 18.5 Å². The van der Waals surface area contributed by atoms with Gasteiger partial charge in [-0.15, -0.1) is 0 Å². The van der Waals surface area contributed by atoms with Crippen molar-refractivity contribution in [3.8, 4) is 0 Å². The van der Waals surface area contributed by atoms with E-state index < -0.39 is 23.7 Å². The van der Waals surface area contributed by atoms with Gasteiger partial charge in [0, 0.05) is 32.4 Å². The number of alkyl carbamates (subject to hydrolysis) is 1. The van der Waals surface area contributed by atoms with Crippen LogP contribution in [0.5, 0.6) is 0 Å². The monoisotopic (exact) mass is 537 g/mol. The van der Waals surface area contributed by atoms with Crippen LogP contribution < -0.4 is 5.32 Å². The van der Waals surface area contributed by atoms with E-state index in [0.29, 0.717) is 36.9 Å². The van der Waals surface area contributed by atoms with Crippen molar-refractivity contribution < 1.29 is 28.5 Å². The first-order valence-electron chi connectivity index (χ1n) is 12.8. The first-order chi connectivity index (χ1) is 17.5. The number of carbonyl (C=O) groups is 1.